The van der Waals surface area contributed by atoms with E-state index in [0.29, 0.717) is 5.56 Å². The lowest BCUT2D eigenvalue weighted by Crippen LogP contribution is -2.37. The molecule has 0 bridgehead atoms. The highest BCUT2D eigenvalue weighted by molar-refractivity contribution is 7.80. The van der Waals surface area contributed by atoms with Gasteiger partial charge < -0.3 is 4.90 Å². The van der Waals surface area contributed by atoms with Crippen LogP contribution in [0.15, 0.2) is 23.1 Å². The van der Waals surface area contributed by atoms with Gasteiger partial charge in [0.2, 0.25) is 0 Å². The molecule has 0 radical (unpaired) electrons. The Morgan fingerprint density at radius 3 is 2.58 bits per heavy atom. The zero-order valence-corrected chi connectivity index (χ0v) is 12.7. The third-order valence-electron chi connectivity index (χ3n) is 3.08. The zero-order chi connectivity index (χ0) is 14.4. The maximum absolute atomic E-state index is 13.2. The number of carbonyl (C=O) groups excluding carboxylic acids is 1. The second kappa shape index (κ2) is 7.53. The van der Waals surface area contributed by atoms with Crippen molar-refractivity contribution in [3.8, 4) is 0 Å². The van der Waals surface area contributed by atoms with Gasteiger partial charge in [0.1, 0.15) is 5.82 Å². The monoisotopic (exact) mass is 283 g/mol. The van der Waals surface area contributed by atoms with Gasteiger partial charge in [0.25, 0.3) is 5.91 Å². The minimum atomic E-state index is -0.401. The molecule has 106 valence electrons. The fourth-order valence-corrected chi connectivity index (χ4v) is 2.15. The molecule has 0 N–H and O–H groups in total. The van der Waals surface area contributed by atoms with Gasteiger partial charge in [-0.25, -0.2) is 4.39 Å². The van der Waals surface area contributed by atoms with Gasteiger partial charge in [0.15, 0.2) is 0 Å². The Labute approximate surface area is 120 Å². The third kappa shape index (κ3) is 4.53. The minimum absolute atomic E-state index is 0.0543. The van der Waals surface area contributed by atoms with Crippen LogP contribution in [0.4, 0.5) is 4.39 Å². The molecule has 1 aromatic carbocycles. The molecular weight excluding hydrogens is 261 g/mol. The summed E-state index contributed by atoms with van der Waals surface area (Å²) >= 11 is 4.02. The highest BCUT2D eigenvalue weighted by Crippen LogP contribution is 2.17. The Hall–Kier alpha value is -1.03. The number of thiol groups is 1. The molecular formula is C15H22FNOS. The molecule has 0 aliphatic rings. The molecule has 0 saturated carbocycles. The molecule has 0 unspecified atom stereocenters. The quantitative estimate of drug-likeness (QED) is 0.614. The third-order valence-corrected chi connectivity index (χ3v) is 3.42. The molecule has 2 nitrogen and oxygen atoms in total. The predicted molar refractivity (Wildman–Crippen MR) is 79.3 cm³/mol. The van der Waals surface area contributed by atoms with Crippen LogP contribution >= 0.6 is 12.6 Å². The summed E-state index contributed by atoms with van der Waals surface area (Å²) in [4.78, 5) is 14.5. The van der Waals surface area contributed by atoms with Crippen LogP contribution in [0.1, 0.15) is 50.4 Å². The topological polar surface area (TPSA) is 20.3 Å². The van der Waals surface area contributed by atoms with Gasteiger partial charge in [0, 0.05) is 23.0 Å². The molecule has 0 spiro atoms. The maximum atomic E-state index is 13.2. The zero-order valence-electron chi connectivity index (χ0n) is 11.8. The standard InChI is InChI=1S/C15H22FNOS/c1-4-5-6-9-17(11(2)3)15(18)12-7-8-13(16)14(19)10-12/h7-8,10-11,19H,4-6,9H2,1-3H3. The van der Waals surface area contributed by atoms with Gasteiger partial charge in [-0.1, -0.05) is 19.8 Å². The van der Waals surface area contributed by atoms with Crippen molar-refractivity contribution in [2.45, 2.75) is 51.0 Å². The lowest BCUT2D eigenvalue weighted by Gasteiger charge is -2.27. The predicted octanol–water partition coefficient (Wildman–Crippen LogP) is 4.16. The highest BCUT2D eigenvalue weighted by atomic mass is 32.1. The molecule has 1 aromatic rings. The van der Waals surface area contributed by atoms with Crippen LogP contribution in [-0.2, 0) is 0 Å². The molecule has 0 aliphatic carbocycles. The number of halogens is 1. The molecule has 1 amide bonds. The fraction of sp³-hybridized carbons (Fsp3) is 0.533. The van der Waals surface area contributed by atoms with E-state index in [2.05, 4.69) is 19.6 Å². The summed E-state index contributed by atoms with van der Waals surface area (Å²) in [6, 6.07) is 4.45. The summed E-state index contributed by atoms with van der Waals surface area (Å²) < 4.78 is 13.2. The number of hydrogen-bond donors (Lipinski definition) is 1. The van der Waals surface area contributed by atoms with E-state index in [9.17, 15) is 9.18 Å². The Kier molecular flexibility index (Phi) is 6.35. The largest absolute Gasteiger partial charge is 0.336 e. The van der Waals surface area contributed by atoms with E-state index in [1.807, 2.05) is 18.7 Å². The molecule has 0 fully saturated rings. The van der Waals surface area contributed by atoms with Crippen LogP contribution in [0, 0.1) is 5.82 Å². The molecule has 1 rings (SSSR count). The minimum Gasteiger partial charge on any atom is -0.336 e. The summed E-state index contributed by atoms with van der Waals surface area (Å²) in [5.41, 5.74) is 0.497. The highest BCUT2D eigenvalue weighted by Gasteiger charge is 2.18. The molecule has 4 heteroatoms. The van der Waals surface area contributed by atoms with Crippen molar-refractivity contribution in [2.75, 3.05) is 6.54 Å². The summed E-state index contributed by atoms with van der Waals surface area (Å²) in [6.07, 6.45) is 3.23. The van der Waals surface area contributed by atoms with Crippen molar-refractivity contribution < 1.29 is 9.18 Å². The van der Waals surface area contributed by atoms with Gasteiger partial charge in [-0.2, -0.15) is 0 Å². The second-order valence-electron chi connectivity index (χ2n) is 4.97. The van der Waals surface area contributed by atoms with Crippen molar-refractivity contribution >= 4 is 18.5 Å². The van der Waals surface area contributed by atoms with Crippen LogP contribution < -0.4 is 0 Å². The first kappa shape index (κ1) is 16.0. The Bertz CT molecular complexity index is 434. The van der Waals surface area contributed by atoms with E-state index in [1.165, 1.54) is 18.2 Å². The van der Waals surface area contributed by atoms with Crippen LogP contribution in [0.25, 0.3) is 0 Å². The van der Waals surface area contributed by atoms with Gasteiger partial charge in [-0.3, -0.25) is 4.79 Å². The molecule has 0 atom stereocenters. The van der Waals surface area contributed by atoms with Crippen molar-refractivity contribution in [3.05, 3.63) is 29.6 Å². The van der Waals surface area contributed by atoms with E-state index in [0.717, 1.165) is 25.8 Å². The van der Waals surface area contributed by atoms with Crippen molar-refractivity contribution in [3.63, 3.8) is 0 Å². The smallest absolute Gasteiger partial charge is 0.254 e. The Balaban J connectivity index is 2.83. The number of nitrogens with zero attached hydrogens (tertiary/aromatic N) is 1. The van der Waals surface area contributed by atoms with Gasteiger partial charge >= 0.3 is 0 Å². The molecule has 0 aliphatic heterocycles. The molecule has 0 heterocycles. The SMILES string of the molecule is CCCCCN(C(=O)c1ccc(F)c(S)c1)C(C)C. The van der Waals surface area contributed by atoms with Crippen LogP contribution in [0.2, 0.25) is 0 Å². The number of unbranched alkanes of at least 4 members (excludes halogenated alkanes) is 2. The van der Waals surface area contributed by atoms with Crippen molar-refractivity contribution in [1.82, 2.24) is 4.90 Å². The average molecular weight is 283 g/mol. The number of amides is 1. The molecule has 19 heavy (non-hydrogen) atoms. The van der Waals surface area contributed by atoms with Crippen molar-refractivity contribution in [1.29, 1.82) is 0 Å². The Morgan fingerprint density at radius 2 is 2.05 bits per heavy atom. The average Bonchev–Trinajstić information content (AvgIpc) is 2.37. The van der Waals surface area contributed by atoms with Gasteiger partial charge in [-0.05, 0) is 38.5 Å². The summed E-state index contributed by atoms with van der Waals surface area (Å²) in [5.74, 6) is -0.455. The number of hydrogen-bond acceptors (Lipinski definition) is 2. The maximum Gasteiger partial charge on any atom is 0.254 e. The van der Waals surface area contributed by atoms with E-state index < -0.39 is 5.82 Å². The summed E-state index contributed by atoms with van der Waals surface area (Å²) in [6.45, 7) is 6.86. The number of rotatable bonds is 6. The lowest BCUT2D eigenvalue weighted by atomic mass is 10.1. The summed E-state index contributed by atoms with van der Waals surface area (Å²) in [7, 11) is 0. The first-order chi connectivity index (χ1) is 8.97. The normalized spacial score (nSPS) is 10.8. The number of carbonyl (C=O) groups is 1. The van der Waals surface area contributed by atoms with E-state index in [1.54, 1.807) is 0 Å². The lowest BCUT2D eigenvalue weighted by molar-refractivity contribution is 0.0702. The summed E-state index contributed by atoms with van der Waals surface area (Å²) in [5, 5.41) is 0. The Morgan fingerprint density at radius 1 is 1.37 bits per heavy atom. The first-order valence-electron chi connectivity index (χ1n) is 6.76. The first-order valence-corrected chi connectivity index (χ1v) is 7.21. The van der Waals surface area contributed by atoms with Crippen LogP contribution in [0.5, 0.6) is 0 Å². The number of benzene rings is 1. The second-order valence-corrected chi connectivity index (χ2v) is 5.45. The van der Waals surface area contributed by atoms with Gasteiger partial charge in [0.05, 0.1) is 0 Å². The fourth-order valence-electron chi connectivity index (χ4n) is 1.94. The van der Waals surface area contributed by atoms with E-state index in [4.69, 9.17) is 0 Å². The molecule has 0 saturated heterocycles. The van der Waals surface area contributed by atoms with Crippen LogP contribution in [0.3, 0.4) is 0 Å². The van der Waals surface area contributed by atoms with Crippen molar-refractivity contribution in [2.24, 2.45) is 0 Å². The van der Waals surface area contributed by atoms with Crippen LogP contribution in [-0.4, -0.2) is 23.4 Å². The van der Waals surface area contributed by atoms with E-state index in [-0.39, 0.29) is 16.8 Å². The molecule has 0 aromatic heterocycles. The van der Waals surface area contributed by atoms with E-state index >= 15 is 0 Å². The van der Waals surface area contributed by atoms with Gasteiger partial charge in [-0.15, -0.1) is 12.6 Å².